The summed E-state index contributed by atoms with van der Waals surface area (Å²) in [7, 11) is 4.22. The molecule has 1 amide bonds. The van der Waals surface area contributed by atoms with Gasteiger partial charge in [0.2, 0.25) is 0 Å². The first kappa shape index (κ1) is 21.6. The number of rotatable bonds is 5. The fourth-order valence-corrected chi connectivity index (χ4v) is 4.84. The molecule has 0 spiro atoms. The molecule has 2 aromatic heterocycles. The highest BCUT2D eigenvalue weighted by atomic mass is 16.5. The number of fused-ring (bicyclic) bond motifs is 2. The van der Waals surface area contributed by atoms with E-state index >= 15 is 0 Å². The maximum atomic E-state index is 12.9. The van der Waals surface area contributed by atoms with Crippen molar-refractivity contribution < 1.29 is 9.53 Å². The second-order valence-electron chi connectivity index (χ2n) is 9.45. The van der Waals surface area contributed by atoms with Crippen LogP contribution in [-0.2, 0) is 6.42 Å². The molecule has 1 atom stereocenters. The van der Waals surface area contributed by atoms with Crippen LogP contribution >= 0.6 is 0 Å². The van der Waals surface area contributed by atoms with Gasteiger partial charge in [0.05, 0.1) is 23.2 Å². The fourth-order valence-electron chi connectivity index (χ4n) is 4.84. The normalized spacial score (nSPS) is 17.1. The zero-order chi connectivity index (χ0) is 23.9. The first-order valence-corrected chi connectivity index (χ1v) is 12.0. The summed E-state index contributed by atoms with van der Waals surface area (Å²) < 4.78 is 5.60. The molecular weight excluding hydrogens is 440 g/mol. The second kappa shape index (κ2) is 8.70. The molecule has 1 saturated heterocycles. The Bertz CT molecular complexity index is 1390. The zero-order valence-electron chi connectivity index (χ0n) is 19.9. The lowest BCUT2D eigenvalue weighted by Gasteiger charge is -2.21. The summed E-state index contributed by atoms with van der Waals surface area (Å²) in [4.78, 5) is 30.0. The lowest BCUT2D eigenvalue weighted by molar-refractivity contribution is 0.102. The van der Waals surface area contributed by atoms with Gasteiger partial charge in [0.1, 0.15) is 17.4 Å². The van der Waals surface area contributed by atoms with Crippen LogP contribution in [0, 0.1) is 0 Å². The molecule has 1 fully saturated rings. The SMILES string of the molecule is CN(C)C1CCN(c2ccc(C(=O)Nc3ccc4nc(-c5ccc6c(c5)CCO6)[nH]c4c3)cn2)C1. The summed E-state index contributed by atoms with van der Waals surface area (Å²) in [5.41, 5.74) is 5.19. The van der Waals surface area contributed by atoms with Gasteiger partial charge in [0.15, 0.2) is 0 Å². The van der Waals surface area contributed by atoms with Crippen LogP contribution < -0.4 is 15.0 Å². The maximum absolute atomic E-state index is 12.9. The number of H-pyrrole nitrogens is 1. The number of ether oxygens (including phenoxy) is 1. The summed E-state index contributed by atoms with van der Waals surface area (Å²) in [5.74, 6) is 2.48. The number of aromatic amines is 1. The summed E-state index contributed by atoms with van der Waals surface area (Å²) in [6.45, 7) is 2.67. The standard InChI is InChI=1S/C27H28N6O2/c1-32(2)21-9-11-33(16-21)25-8-4-19(15-28-25)27(34)29-20-5-6-22-23(14-20)31-26(30-22)18-3-7-24-17(13-18)10-12-35-24/h3-8,13-15,21H,9-12,16H2,1-2H3,(H,29,34)(H,30,31). The van der Waals surface area contributed by atoms with Crippen molar-refractivity contribution in [2.24, 2.45) is 0 Å². The van der Waals surface area contributed by atoms with Crippen molar-refractivity contribution in [3.8, 4) is 17.1 Å². The zero-order valence-corrected chi connectivity index (χ0v) is 19.9. The molecular formula is C27H28N6O2. The fraction of sp³-hybridized carbons (Fsp3) is 0.296. The summed E-state index contributed by atoms with van der Waals surface area (Å²) in [6, 6.07) is 16.1. The number of likely N-dealkylation sites (N-methyl/N-ethyl adjacent to an activating group) is 1. The topological polar surface area (TPSA) is 86.4 Å². The van der Waals surface area contributed by atoms with Crippen molar-refractivity contribution in [2.45, 2.75) is 18.9 Å². The van der Waals surface area contributed by atoms with Gasteiger partial charge in [-0.25, -0.2) is 9.97 Å². The molecule has 0 aliphatic carbocycles. The molecule has 8 heteroatoms. The van der Waals surface area contributed by atoms with Crippen LogP contribution in [0.25, 0.3) is 22.4 Å². The molecule has 8 nitrogen and oxygen atoms in total. The Labute approximate surface area is 203 Å². The van der Waals surface area contributed by atoms with Gasteiger partial charge in [-0.1, -0.05) is 0 Å². The van der Waals surface area contributed by atoms with Gasteiger partial charge in [-0.3, -0.25) is 4.79 Å². The quantitative estimate of drug-likeness (QED) is 0.461. The van der Waals surface area contributed by atoms with Crippen LogP contribution in [0.1, 0.15) is 22.3 Å². The Morgan fingerprint density at radius 2 is 2.09 bits per heavy atom. The van der Waals surface area contributed by atoms with Crippen LogP contribution in [-0.4, -0.2) is 65.6 Å². The molecule has 2 aliphatic heterocycles. The number of nitrogens with one attached hydrogen (secondary N) is 2. The number of carbonyl (C=O) groups is 1. The van der Waals surface area contributed by atoms with E-state index in [1.165, 1.54) is 5.56 Å². The molecule has 4 aromatic rings. The van der Waals surface area contributed by atoms with Gasteiger partial charge >= 0.3 is 0 Å². The van der Waals surface area contributed by atoms with E-state index < -0.39 is 0 Å². The highest BCUT2D eigenvalue weighted by molar-refractivity contribution is 6.05. The molecule has 2 aliphatic rings. The van der Waals surface area contributed by atoms with Crippen molar-refractivity contribution in [1.29, 1.82) is 0 Å². The number of amides is 1. The minimum Gasteiger partial charge on any atom is -0.493 e. The first-order chi connectivity index (χ1) is 17.0. The average molecular weight is 469 g/mol. The highest BCUT2D eigenvalue weighted by Crippen LogP contribution is 2.30. The number of carbonyl (C=O) groups excluding carboxylic acids is 1. The number of aromatic nitrogens is 3. The predicted molar refractivity (Wildman–Crippen MR) is 137 cm³/mol. The molecule has 4 heterocycles. The van der Waals surface area contributed by atoms with Crippen molar-refractivity contribution in [2.75, 3.05) is 44.0 Å². The molecule has 35 heavy (non-hydrogen) atoms. The summed E-state index contributed by atoms with van der Waals surface area (Å²) >= 11 is 0. The Morgan fingerprint density at radius 1 is 1.17 bits per heavy atom. The van der Waals surface area contributed by atoms with E-state index in [2.05, 4.69) is 45.2 Å². The van der Waals surface area contributed by atoms with E-state index in [1.54, 1.807) is 6.20 Å². The van der Waals surface area contributed by atoms with Crippen molar-refractivity contribution in [3.05, 3.63) is 65.9 Å². The van der Waals surface area contributed by atoms with Crippen LogP contribution in [0.5, 0.6) is 5.75 Å². The lowest BCUT2D eigenvalue weighted by atomic mass is 10.1. The van der Waals surface area contributed by atoms with Crippen LogP contribution in [0.4, 0.5) is 11.5 Å². The summed E-state index contributed by atoms with van der Waals surface area (Å²) in [6.07, 6.45) is 3.69. The number of benzene rings is 2. The van der Waals surface area contributed by atoms with E-state index in [-0.39, 0.29) is 5.91 Å². The first-order valence-electron chi connectivity index (χ1n) is 12.0. The monoisotopic (exact) mass is 468 g/mol. The van der Waals surface area contributed by atoms with E-state index in [1.807, 2.05) is 42.5 Å². The van der Waals surface area contributed by atoms with Crippen LogP contribution in [0.2, 0.25) is 0 Å². The third kappa shape index (κ3) is 4.21. The van der Waals surface area contributed by atoms with E-state index in [9.17, 15) is 4.79 Å². The maximum Gasteiger partial charge on any atom is 0.257 e. The largest absolute Gasteiger partial charge is 0.493 e. The van der Waals surface area contributed by atoms with Gasteiger partial charge in [-0.15, -0.1) is 0 Å². The number of hydrogen-bond donors (Lipinski definition) is 2. The third-order valence-electron chi connectivity index (χ3n) is 6.93. The Kier molecular flexibility index (Phi) is 5.37. The minimum atomic E-state index is -0.186. The molecule has 0 radical (unpaired) electrons. The highest BCUT2D eigenvalue weighted by Gasteiger charge is 2.25. The molecule has 178 valence electrons. The third-order valence-corrected chi connectivity index (χ3v) is 6.93. The molecule has 0 saturated carbocycles. The molecule has 6 rings (SSSR count). The molecule has 0 bridgehead atoms. The Balaban J connectivity index is 1.16. The lowest BCUT2D eigenvalue weighted by Crippen LogP contribution is -2.31. The van der Waals surface area contributed by atoms with E-state index in [0.717, 1.165) is 66.5 Å². The molecule has 1 unspecified atom stereocenters. The van der Waals surface area contributed by atoms with Gasteiger partial charge in [0, 0.05) is 43.0 Å². The van der Waals surface area contributed by atoms with Crippen molar-refractivity contribution >= 4 is 28.4 Å². The number of hydrogen-bond acceptors (Lipinski definition) is 6. The Hall–Kier alpha value is -3.91. The van der Waals surface area contributed by atoms with Crippen molar-refractivity contribution in [1.82, 2.24) is 19.9 Å². The van der Waals surface area contributed by atoms with Gasteiger partial charge in [0.25, 0.3) is 5.91 Å². The predicted octanol–water partition coefficient (Wildman–Crippen LogP) is 3.95. The van der Waals surface area contributed by atoms with Gasteiger partial charge < -0.3 is 24.8 Å². The van der Waals surface area contributed by atoms with Crippen LogP contribution in [0.3, 0.4) is 0 Å². The summed E-state index contributed by atoms with van der Waals surface area (Å²) in [5, 5.41) is 2.98. The number of imidazole rings is 1. The Morgan fingerprint density at radius 3 is 2.89 bits per heavy atom. The molecule has 2 N–H and O–H groups in total. The minimum absolute atomic E-state index is 0.186. The molecule has 2 aromatic carbocycles. The van der Waals surface area contributed by atoms with Crippen molar-refractivity contribution in [3.63, 3.8) is 0 Å². The number of anilines is 2. The van der Waals surface area contributed by atoms with Gasteiger partial charge in [-0.2, -0.15) is 0 Å². The smallest absolute Gasteiger partial charge is 0.257 e. The van der Waals surface area contributed by atoms with Gasteiger partial charge in [-0.05, 0) is 74.6 Å². The van der Waals surface area contributed by atoms with Crippen LogP contribution in [0.15, 0.2) is 54.7 Å². The van der Waals surface area contributed by atoms with E-state index in [4.69, 9.17) is 9.72 Å². The van der Waals surface area contributed by atoms with E-state index in [0.29, 0.717) is 17.3 Å². The average Bonchev–Trinajstić information content (AvgIpc) is 3.62. The number of pyridine rings is 1. The number of nitrogens with zero attached hydrogens (tertiary/aromatic N) is 4. The second-order valence-corrected chi connectivity index (χ2v) is 9.45.